The lowest BCUT2D eigenvalue weighted by atomic mass is 10.1. The van der Waals surface area contributed by atoms with Gasteiger partial charge in [0.1, 0.15) is 11.4 Å². The van der Waals surface area contributed by atoms with E-state index in [4.69, 9.17) is 4.74 Å². The van der Waals surface area contributed by atoms with Crippen molar-refractivity contribution in [2.75, 3.05) is 18.4 Å². The third kappa shape index (κ3) is 5.81. The van der Waals surface area contributed by atoms with Gasteiger partial charge in [0.2, 0.25) is 0 Å². The molecule has 2 aromatic rings. The van der Waals surface area contributed by atoms with E-state index < -0.39 is 23.4 Å². The van der Waals surface area contributed by atoms with Gasteiger partial charge >= 0.3 is 12.3 Å². The summed E-state index contributed by atoms with van der Waals surface area (Å²) in [6.07, 6.45) is -4.89. The number of halogens is 3. The first kappa shape index (κ1) is 18.8. The van der Waals surface area contributed by atoms with E-state index in [1.807, 2.05) is 0 Å². The number of nitrogens with one attached hydrogen (secondary N) is 2. The molecule has 1 amide bonds. The summed E-state index contributed by atoms with van der Waals surface area (Å²) >= 11 is 0. The maximum atomic E-state index is 12.7. The molecule has 8 heteroatoms. The Kier molecular flexibility index (Phi) is 5.39. The first-order chi connectivity index (χ1) is 11.5. The zero-order valence-corrected chi connectivity index (χ0v) is 14.2. The normalized spacial score (nSPS) is 12.1. The van der Waals surface area contributed by atoms with Crippen molar-refractivity contribution in [3.63, 3.8) is 0 Å². The Labute approximate surface area is 143 Å². The van der Waals surface area contributed by atoms with Gasteiger partial charge in [-0.25, -0.2) is 9.78 Å². The molecule has 0 atom stereocenters. The number of pyridine rings is 1. The van der Waals surface area contributed by atoms with E-state index >= 15 is 0 Å². The van der Waals surface area contributed by atoms with E-state index in [1.165, 1.54) is 6.07 Å². The van der Waals surface area contributed by atoms with E-state index in [1.54, 1.807) is 32.9 Å². The van der Waals surface area contributed by atoms with Crippen LogP contribution >= 0.6 is 0 Å². The second-order valence-electron chi connectivity index (χ2n) is 6.46. The van der Waals surface area contributed by atoms with Gasteiger partial charge in [-0.3, -0.25) is 0 Å². The molecule has 0 aliphatic heterocycles. The maximum absolute atomic E-state index is 12.7. The fraction of sp³-hybridized carbons (Fsp3) is 0.412. The molecule has 0 radical (unpaired) electrons. The van der Waals surface area contributed by atoms with Gasteiger partial charge in [-0.1, -0.05) is 0 Å². The van der Waals surface area contributed by atoms with Crippen molar-refractivity contribution in [3.8, 4) is 0 Å². The van der Waals surface area contributed by atoms with Crippen LogP contribution in [0.25, 0.3) is 10.9 Å². The fourth-order valence-corrected chi connectivity index (χ4v) is 2.07. The fourth-order valence-electron chi connectivity index (χ4n) is 2.07. The predicted octanol–water partition coefficient (Wildman–Crippen LogP) is 4.19. The van der Waals surface area contributed by atoms with E-state index in [2.05, 4.69) is 15.6 Å². The molecular weight excluding hydrogens is 335 g/mol. The van der Waals surface area contributed by atoms with Crippen LogP contribution in [0.2, 0.25) is 0 Å². The van der Waals surface area contributed by atoms with Crippen molar-refractivity contribution in [1.82, 2.24) is 10.3 Å². The Balaban J connectivity index is 1.91. The lowest BCUT2D eigenvalue weighted by Crippen LogP contribution is -2.35. The van der Waals surface area contributed by atoms with E-state index in [0.717, 1.165) is 12.1 Å². The number of aromatic nitrogens is 1. The largest absolute Gasteiger partial charge is 0.444 e. The SMILES string of the molecule is CC(C)(C)OC(=O)NCCNc1ccc2cc(C(F)(F)F)ccc2n1. The molecule has 25 heavy (non-hydrogen) atoms. The molecule has 1 aromatic carbocycles. The Morgan fingerprint density at radius 2 is 1.84 bits per heavy atom. The summed E-state index contributed by atoms with van der Waals surface area (Å²) in [5.74, 6) is 0.512. The van der Waals surface area contributed by atoms with Crippen molar-refractivity contribution >= 4 is 22.8 Å². The number of alkyl carbamates (subject to hydrolysis) is 1. The van der Waals surface area contributed by atoms with Crippen LogP contribution in [0.4, 0.5) is 23.8 Å². The molecule has 0 bridgehead atoms. The van der Waals surface area contributed by atoms with Gasteiger partial charge < -0.3 is 15.4 Å². The minimum absolute atomic E-state index is 0.321. The van der Waals surface area contributed by atoms with Gasteiger partial charge in [0, 0.05) is 18.5 Å². The highest BCUT2D eigenvalue weighted by Crippen LogP contribution is 2.31. The van der Waals surface area contributed by atoms with Gasteiger partial charge in [0.15, 0.2) is 0 Å². The van der Waals surface area contributed by atoms with Crippen LogP contribution in [-0.2, 0) is 10.9 Å². The van der Waals surface area contributed by atoms with Crippen molar-refractivity contribution in [2.24, 2.45) is 0 Å². The van der Waals surface area contributed by atoms with Crippen LogP contribution in [0.3, 0.4) is 0 Å². The maximum Gasteiger partial charge on any atom is 0.416 e. The quantitative estimate of drug-likeness (QED) is 0.807. The van der Waals surface area contributed by atoms with Crippen molar-refractivity contribution in [1.29, 1.82) is 0 Å². The highest BCUT2D eigenvalue weighted by atomic mass is 19.4. The van der Waals surface area contributed by atoms with Crippen LogP contribution in [-0.4, -0.2) is 29.8 Å². The van der Waals surface area contributed by atoms with Crippen LogP contribution < -0.4 is 10.6 Å². The summed E-state index contributed by atoms with van der Waals surface area (Å²) in [5, 5.41) is 6.00. The number of carbonyl (C=O) groups excluding carboxylic acids is 1. The number of amides is 1. The van der Waals surface area contributed by atoms with E-state index in [0.29, 0.717) is 29.8 Å². The van der Waals surface area contributed by atoms with Crippen molar-refractivity contribution < 1.29 is 22.7 Å². The third-order valence-electron chi connectivity index (χ3n) is 3.12. The van der Waals surface area contributed by atoms with E-state index in [-0.39, 0.29) is 0 Å². The van der Waals surface area contributed by atoms with Gasteiger partial charge in [0.25, 0.3) is 0 Å². The number of ether oxygens (including phenoxy) is 1. The van der Waals surface area contributed by atoms with Crippen molar-refractivity contribution in [3.05, 3.63) is 35.9 Å². The number of alkyl halides is 3. The molecule has 136 valence electrons. The van der Waals surface area contributed by atoms with Crippen molar-refractivity contribution in [2.45, 2.75) is 32.5 Å². The molecule has 0 fully saturated rings. The highest BCUT2D eigenvalue weighted by molar-refractivity contribution is 5.81. The second-order valence-corrected chi connectivity index (χ2v) is 6.46. The van der Waals surface area contributed by atoms with Gasteiger partial charge in [-0.2, -0.15) is 13.2 Å². The monoisotopic (exact) mass is 355 g/mol. The van der Waals surface area contributed by atoms with Crippen LogP contribution in [0.5, 0.6) is 0 Å². The van der Waals surface area contributed by atoms with Crippen LogP contribution in [0, 0.1) is 0 Å². The lowest BCUT2D eigenvalue weighted by molar-refractivity contribution is -0.137. The number of benzene rings is 1. The third-order valence-corrected chi connectivity index (χ3v) is 3.12. The van der Waals surface area contributed by atoms with Crippen LogP contribution in [0.15, 0.2) is 30.3 Å². The summed E-state index contributed by atoms with van der Waals surface area (Å²) in [7, 11) is 0. The first-order valence-electron chi connectivity index (χ1n) is 7.73. The zero-order chi connectivity index (χ0) is 18.7. The summed E-state index contributed by atoms with van der Waals surface area (Å²) in [4.78, 5) is 15.7. The molecule has 1 aromatic heterocycles. The number of anilines is 1. The number of hydrogen-bond donors (Lipinski definition) is 2. The molecule has 0 aliphatic rings. The first-order valence-corrected chi connectivity index (χ1v) is 7.73. The minimum Gasteiger partial charge on any atom is -0.444 e. The molecule has 0 aliphatic carbocycles. The summed E-state index contributed by atoms with van der Waals surface area (Å²) < 4.78 is 43.2. The highest BCUT2D eigenvalue weighted by Gasteiger charge is 2.30. The standard InChI is InChI=1S/C17H20F3N3O2/c1-16(2,3)25-15(24)22-9-8-21-14-7-4-11-10-12(17(18,19)20)5-6-13(11)23-14/h4-7,10H,8-9H2,1-3H3,(H,21,23)(H,22,24). The molecule has 1 heterocycles. The Hall–Kier alpha value is -2.51. The Bertz CT molecular complexity index is 755. The molecule has 0 saturated heterocycles. The second kappa shape index (κ2) is 7.16. The minimum atomic E-state index is -4.38. The topological polar surface area (TPSA) is 63.2 Å². The van der Waals surface area contributed by atoms with Gasteiger partial charge in [-0.05, 0) is 51.1 Å². The van der Waals surface area contributed by atoms with Crippen LogP contribution in [0.1, 0.15) is 26.3 Å². The number of hydrogen-bond acceptors (Lipinski definition) is 4. The average molecular weight is 355 g/mol. The summed E-state index contributed by atoms with van der Waals surface area (Å²) in [6.45, 7) is 6.04. The zero-order valence-electron chi connectivity index (χ0n) is 14.2. The van der Waals surface area contributed by atoms with Gasteiger partial charge in [-0.15, -0.1) is 0 Å². The smallest absolute Gasteiger partial charge is 0.416 e. The lowest BCUT2D eigenvalue weighted by Gasteiger charge is -2.19. The Morgan fingerprint density at radius 3 is 2.48 bits per heavy atom. The van der Waals surface area contributed by atoms with Gasteiger partial charge in [0.05, 0.1) is 11.1 Å². The summed E-state index contributed by atoms with van der Waals surface area (Å²) in [6, 6.07) is 6.57. The predicted molar refractivity (Wildman–Crippen MR) is 89.5 cm³/mol. The molecule has 0 unspecified atom stereocenters. The molecule has 5 nitrogen and oxygen atoms in total. The molecule has 2 rings (SSSR count). The number of fused-ring (bicyclic) bond motifs is 1. The molecule has 0 saturated carbocycles. The number of rotatable bonds is 4. The summed E-state index contributed by atoms with van der Waals surface area (Å²) in [5.41, 5.74) is -0.811. The molecular formula is C17H20F3N3O2. The average Bonchev–Trinajstić information content (AvgIpc) is 2.48. The molecule has 0 spiro atoms. The Morgan fingerprint density at radius 1 is 1.12 bits per heavy atom. The number of nitrogens with zero attached hydrogens (tertiary/aromatic N) is 1. The molecule has 2 N–H and O–H groups in total. The number of carbonyl (C=O) groups is 1. The van der Waals surface area contributed by atoms with E-state index in [9.17, 15) is 18.0 Å².